The number of anilines is 1. The molecule has 12 heteroatoms. The van der Waals surface area contributed by atoms with Crippen LogP contribution < -0.4 is 10.6 Å². The third-order valence-corrected chi connectivity index (χ3v) is 4.89. The fourth-order valence-electron chi connectivity index (χ4n) is 2.96. The molecule has 0 radical (unpaired) electrons. The first-order chi connectivity index (χ1) is 15.9. The second-order valence-electron chi connectivity index (χ2n) is 8.70. The van der Waals surface area contributed by atoms with Crippen LogP contribution in [0.25, 0.3) is 22.4 Å². The number of hydrogen-bond acceptors (Lipinski definition) is 7. The number of pyridine rings is 1. The maximum Gasteiger partial charge on any atom is 0.410 e. The number of rotatable bonds is 7. The Morgan fingerprint density at radius 1 is 1.32 bits per heavy atom. The van der Waals surface area contributed by atoms with E-state index in [4.69, 9.17) is 16.3 Å². The first kappa shape index (κ1) is 25.2. The van der Waals surface area contributed by atoms with Gasteiger partial charge in [-0.3, -0.25) is 4.79 Å². The number of aromatic nitrogens is 4. The van der Waals surface area contributed by atoms with Crippen LogP contribution in [0, 0.1) is 5.82 Å². The van der Waals surface area contributed by atoms with E-state index in [0.29, 0.717) is 21.6 Å². The SMILES string of the molecule is C[C@H](Nc1nc(-c2c[nH]c3ncc(Cl)cc23)ncc1F)C(=O)NCCN(C)C(=O)OC(C)(C)C.[HH].[HH].[HH]. The maximum atomic E-state index is 14.4. The molecule has 0 bridgehead atoms. The molecule has 0 saturated carbocycles. The molecule has 1 atom stereocenters. The summed E-state index contributed by atoms with van der Waals surface area (Å²) in [5.74, 6) is -0.974. The summed E-state index contributed by atoms with van der Waals surface area (Å²) < 4.78 is 19.6. The van der Waals surface area contributed by atoms with E-state index in [2.05, 4.69) is 30.6 Å². The first-order valence-corrected chi connectivity index (χ1v) is 11.0. The Bertz CT molecular complexity index is 1210. The van der Waals surface area contributed by atoms with E-state index in [0.717, 1.165) is 6.20 Å². The van der Waals surface area contributed by atoms with E-state index in [-0.39, 0.29) is 34.9 Å². The number of halogens is 2. The zero-order valence-electron chi connectivity index (χ0n) is 19.6. The van der Waals surface area contributed by atoms with Crippen molar-refractivity contribution in [2.45, 2.75) is 39.3 Å². The number of nitrogens with one attached hydrogen (secondary N) is 3. The third kappa shape index (κ3) is 6.31. The van der Waals surface area contributed by atoms with Gasteiger partial charge in [-0.25, -0.2) is 24.1 Å². The quantitative estimate of drug-likeness (QED) is 0.443. The highest BCUT2D eigenvalue weighted by atomic mass is 35.5. The molecule has 2 amide bonds. The van der Waals surface area contributed by atoms with Crippen LogP contribution in [-0.2, 0) is 9.53 Å². The van der Waals surface area contributed by atoms with Gasteiger partial charge in [0.15, 0.2) is 17.5 Å². The van der Waals surface area contributed by atoms with Gasteiger partial charge in [-0.05, 0) is 33.8 Å². The van der Waals surface area contributed by atoms with Crippen LogP contribution in [0.4, 0.5) is 15.0 Å². The molecule has 0 unspecified atom stereocenters. The number of likely N-dealkylation sites (N-methyl/N-ethyl adjacent to an activating group) is 1. The van der Waals surface area contributed by atoms with Crippen molar-refractivity contribution in [1.82, 2.24) is 30.2 Å². The van der Waals surface area contributed by atoms with Crippen LogP contribution in [0.2, 0.25) is 5.02 Å². The minimum absolute atomic E-state index is 0. The Hall–Kier alpha value is -3.47. The normalized spacial score (nSPS) is 12.3. The highest BCUT2D eigenvalue weighted by Gasteiger charge is 2.21. The molecule has 3 aromatic heterocycles. The molecule has 188 valence electrons. The van der Waals surface area contributed by atoms with E-state index >= 15 is 0 Å². The average molecular weight is 498 g/mol. The molecule has 0 aliphatic heterocycles. The van der Waals surface area contributed by atoms with Crippen LogP contribution in [0.3, 0.4) is 0 Å². The standard InChI is InChI=1S/C22H27ClFN7O3.3H2/c1-12(20(32)25-6-7-31(5)21(33)34-22(2,3)4)29-19-16(24)11-28-18(30-19)15-10-27-17-14(15)8-13(23)9-26-17;;;/h8-12H,6-7H2,1-5H3,(H,25,32)(H,26,27)(H,28,29,30);3*1H/t12-;;;/m0.../s1. The first-order valence-electron chi connectivity index (χ1n) is 10.6. The summed E-state index contributed by atoms with van der Waals surface area (Å²) >= 11 is 6.04. The van der Waals surface area contributed by atoms with E-state index in [1.165, 1.54) is 11.1 Å². The smallest absolute Gasteiger partial charge is 0.410 e. The predicted octanol–water partition coefficient (Wildman–Crippen LogP) is 4.33. The molecule has 34 heavy (non-hydrogen) atoms. The molecule has 0 spiro atoms. The number of carbonyl (C=O) groups is 2. The summed E-state index contributed by atoms with van der Waals surface area (Å²) in [6, 6.07) is 0.906. The maximum absolute atomic E-state index is 14.4. The highest BCUT2D eigenvalue weighted by molar-refractivity contribution is 6.31. The molecular weight excluding hydrogens is 465 g/mol. The Morgan fingerprint density at radius 2 is 2.06 bits per heavy atom. The summed E-state index contributed by atoms with van der Waals surface area (Å²) in [5, 5.41) is 6.59. The topological polar surface area (TPSA) is 125 Å². The number of amides is 2. The van der Waals surface area contributed by atoms with Gasteiger partial charge in [0, 0.05) is 47.8 Å². The summed E-state index contributed by atoms with van der Waals surface area (Å²) in [7, 11) is 1.58. The fourth-order valence-corrected chi connectivity index (χ4v) is 3.12. The lowest BCUT2D eigenvalue weighted by Crippen LogP contribution is -2.43. The minimum Gasteiger partial charge on any atom is -0.444 e. The van der Waals surface area contributed by atoms with Gasteiger partial charge in [0.05, 0.1) is 11.2 Å². The van der Waals surface area contributed by atoms with Gasteiger partial charge in [0.2, 0.25) is 5.91 Å². The molecule has 0 aromatic carbocycles. The molecule has 0 saturated heterocycles. The van der Waals surface area contributed by atoms with Crippen molar-refractivity contribution in [3.05, 3.63) is 35.5 Å². The Balaban J connectivity index is 0.00000432. The monoisotopic (exact) mass is 497 g/mol. The van der Waals surface area contributed by atoms with Crippen molar-refractivity contribution in [2.24, 2.45) is 0 Å². The summed E-state index contributed by atoms with van der Waals surface area (Å²) in [5.41, 5.74) is 0.574. The number of hydrogen-bond donors (Lipinski definition) is 3. The second-order valence-corrected chi connectivity index (χ2v) is 9.14. The molecule has 0 fully saturated rings. The van der Waals surface area contributed by atoms with Crippen molar-refractivity contribution in [2.75, 3.05) is 25.5 Å². The molecule has 0 aliphatic rings. The summed E-state index contributed by atoms with van der Waals surface area (Å²) in [6.07, 6.45) is 3.70. The molecular formula is C22H33ClFN7O3. The van der Waals surface area contributed by atoms with Crippen molar-refractivity contribution in [3.63, 3.8) is 0 Å². The van der Waals surface area contributed by atoms with Gasteiger partial charge >= 0.3 is 6.09 Å². The third-order valence-electron chi connectivity index (χ3n) is 4.68. The molecule has 3 heterocycles. The van der Waals surface area contributed by atoms with Gasteiger partial charge in [0.1, 0.15) is 17.3 Å². The second kappa shape index (κ2) is 10.2. The Labute approximate surface area is 205 Å². The Morgan fingerprint density at radius 3 is 2.76 bits per heavy atom. The average Bonchev–Trinajstić information content (AvgIpc) is 3.16. The molecule has 3 aromatic rings. The number of H-pyrrole nitrogens is 1. The van der Waals surface area contributed by atoms with Crippen molar-refractivity contribution in [3.8, 4) is 11.4 Å². The van der Waals surface area contributed by atoms with E-state index in [1.54, 1.807) is 47.0 Å². The van der Waals surface area contributed by atoms with Gasteiger partial charge in [0.25, 0.3) is 0 Å². The van der Waals surface area contributed by atoms with Gasteiger partial charge in [-0.1, -0.05) is 11.6 Å². The minimum atomic E-state index is -0.803. The van der Waals surface area contributed by atoms with Crippen LogP contribution >= 0.6 is 11.6 Å². The van der Waals surface area contributed by atoms with E-state index in [1.807, 2.05) is 0 Å². The lowest BCUT2D eigenvalue weighted by atomic mass is 10.2. The zero-order chi connectivity index (χ0) is 25.0. The van der Waals surface area contributed by atoms with Crippen molar-refractivity contribution in [1.29, 1.82) is 0 Å². The summed E-state index contributed by atoms with van der Waals surface area (Å²) in [6.45, 7) is 7.34. The lowest BCUT2D eigenvalue weighted by molar-refractivity contribution is -0.121. The van der Waals surface area contributed by atoms with Gasteiger partial charge in [-0.15, -0.1) is 0 Å². The number of fused-ring (bicyclic) bond motifs is 1. The van der Waals surface area contributed by atoms with Gasteiger partial charge in [-0.2, -0.15) is 0 Å². The van der Waals surface area contributed by atoms with Crippen LogP contribution in [0.5, 0.6) is 0 Å². The molecule has 3 rings (SSSR count). The van der Waals surface area contributed by atoms with Crippen LogP contribution in [0.15, 0.2) is 24.7 Å². The van der Waals surface area contributed by atoms with Crippen molar-refractivity contribution >= 4 is 40.5 Å². The number of ether oxygens (including phenoxy) is 1. The number of nitrogens with zero attached hydrogens (tertiary/aromatic N) is 4. The summed E-state index contributed by atoms with van der Waals surface area (Å²) in [4.78, 5) is 41.3. The Kier molecular flexibility index (Phi) is 7.55. The number of carbonyl (C=O) groups excluding carboxylic acids is 2. The molecule has 0 aliphatic carbocycles. The number of aromatic amines is 1. The van der Waals surface area contributed by atoms with Gasteiger partial charge < -0.3 is 25.3 Å². The van der Waals surface area contributed by atoms with Crippen LogP contribution in [0.1, 0.15) is 32.0 Å². The van der Waals surface area contributed by atoms with Crippen molar-refractivity contribution < 1.29 is 23.0 Å². The predicted molar refractivity (Wildman–Crippen MR) is 133 cm³/mol. The highest BCUT2D eigenvalue weighted by Crippen LogP contribution is 2.28. The largest absolute Gasteiger partial charge is 0.444 e. The zero-order valence-corrected chi connectivity index (χ0v) is 20.3. The molecule has 10 nitrogen and oxygen atoms in total. The van der Waals surface area contributed by atoms with Crippen LogP contribution in [-0.4, -0.2) is 68.6 Å². The molecule has 3 N–H and O–H groups in total. The fraction of sp³-hybridized carbons (Fsp3) is 0.409. The van der Waals surface area contributed by atoms with E-state index in [9.17, 15) is 14.0 Å². The van der Waals surface area contributed by atoms with E-state index < -0.39 is 23.6 Å². The lowest BCUT2D eigenvalue weighted by Gasteiger charge is -2.25.